The number of fused-ring (bicyclic) bond motifs is 1. The third-order valence-electron chi connectivity index (χ3n) is 5.44. The maximum Gasteiger partial charge on any atom is 0.266 e. The molecule has 31 heavy (non-hydrogen) atoms. The van der Waals surface area contributed by atoms with Gasteiger partial charge in [-0.2, -0.15) is 9.30 Å². The SMILES string of the molecule is C=CCn1c(=NC(=O)C2CCCN2S(=O)(=O)c2cccs2)sc2cc(C(C)C)ccc21. The molecule has 1 atom stereocenters. The van der Waals surface area contributed by atoms with Crippen LogP contribution in [0.25, 0.3) is 10.2 Å². The number of aromatic nitrogens is 1. The molecule has 6 nitrogen and oxygen atoms in total. The zero-order valence-corrected chi connectivity index (χ0v) is 20.0. The molecule has 0 saturated carbocycles. The van der Waals surface area contributed by atoms with E-state index in [4.69, 9.17) is 0 Å². The van der Waals surface area contributed by atoms with Gasteiger partial charge in [-0.25, -0.2) is 8.42 Å². The number of hydrogen-bond donors (Lipinski definition) is 0. The molecule has 1 aromatic carbocycles. The topological polar surface area (TPSA) is 71.7 Å². The lowest BCUT2D eigenvalue weighted by Crippen LogP contribution is -2.40. The van der Waals surface area contributed by atoms with Crippen molar-refractivity contribution in [2.45, 2.75) is 49.4 Å². The van der Waals surface area contributed by atoms with Crippen molar-refractivity contribution in [1.29, 1.82) is 0 Å². The summed E-state index contributed by atoms with van der Waals surface area (Å²) in [6.45, 7) is 8.97. The molecule has 0 aliphatic carbocycles. The van der Waals surface area contributed by atoms with Crippen molar-refractivity contribution in [3.05, 3.63) is 58.7 Å². The number of carbonyl (C=O) groups excluding carboxylic acids is 1. The van der Waals surface area contributed by atoms with Gasteiger partial charge in [0.2, 0.25) is 0 Å². The highest BCUT2D eigenvalue weighted by Crippen LogP contribution is 2.29. The van der Waals surface area contributed by atoms with Crippen LogP contribution in [0.4, 0.5) is 0 Å². The van der Waals surface area contributed by atoms with Crippen LogP contribution in [0.2, 0.25) is 0 Å². The van der Waals surface area contributed by atoms with E-state index < -0.39 is 22.0 Å². The lowest BCUT2D eigenvalue weighted by atomic mass is 10.0. The van der Waals surface area contributed by atoms with Crippen LogP contribution in [0.15, 0.2) is 57.6 Å². The van der Waals surface area contributed by atoms with Crippen molar-refractivity contribution in [2.75, 3.05) is 6.54 Å². The van der Waals surface area contributed by atoms with Gasteiger partial charge in [0, 0.05) is 13.1 Å². The Kier molecular flexibility index (Phi) is 6.30. The number of benzene rings is 1. The Hall–Kier alpha value is -2.07. The zero-order valence-electron chi connectivity index (χ0n) is 17.5. The third kappa shape index (κ3) is 4.19. The second-order valence-electron chi connectivity index (χ2n) is 7.82. The fourth-order valence-corrected chi connectivity index (χ4v) is 7.67. The van der Waals surface area contributed by atoms with Crippen LogP contribution in [0.5, 0.6) is 0 Å². The predicted octanol–water partition coefficient (Wildman–Crippen LogP) is 4.35. The largest absolute Gasteiger partial charge is 0.313 e. The van der Waals surface area contributed by atoms with Gasteiger partial charge in [-0.1, -0.05) is 43.4 Å². The highest BCUT2D eigenvalue weighted by Gasteiger charge is 2.39. The molecule has 164 valence electrons. The quantitative estimate of drug-likeness (QED) is 0.498. The van der Waals surface area contributed by atoms with E-state index in [9.17, 15) is 13.2 Å². The second kappa shape index (κ2) is 8.82. The van der Waals surface area contributed by atoms with Crippen LogP contribution in [0.1, 0.15) is 38.2 Å². The summed E-state index contributed by atoms with van der Waals surface area (Å²) in [6, 6.07) is 8.80. The Bertz CT molecular complexity index is 1280. The molecule has 1 fully saturated rings. The average molecular weight is 476 g/mol. The van der Waals surface area contributed by atoms with Crippen molar-refractivity contribution in [1.82, 2.24) is 8.87 Å². The van der Waals surface area contributed by atoms with Gasteiger partial charge in [0.25, 0.3) is 15.9 Å². The van der Waals surface area contributed by atoms with Crippen LogP contribution in [0.3, 0.4) is 0 Å². The maximum atomic E-state index is 13.1. The maximum absolute atomic E-state index is 13.1. The standard InChI is InChI=1S/C22H25N3O3S3/c1-4-11-24-17-10-9-16(15(2)3)14-19(17)30-22(24)23-21(26)18-7-5-12-25(18)31(27,28)20-8-6-13-29-20/h4,6,8-10,13-15,18H,1,5,7,11-12H2,2-3H3. The molecule has 1 amide bonds. The molecule has 4 rings (SSSR count). The molecule has 2 aromatic heterocycles. The number of thiazole rings is 1. The van der Waals surface area contributed by atoms with Crippen LogP contribution in [-0.4, -0.2) is 35.8 Å². The fraction of sp³-hybridized carbons (Fsp3) is 0.364. The van der Waals surface area contributed by atoms with Gasteiger partial charge in [0.1, 0.15) is 10.3 Å². The molecular formula is C22H25N3O3S3. The number of hydrogen-bond acceptors (Lipinski definition) is 5. The van der Waals surface area contributed by atoms with E-state index in [0.717, 1.165) is 10.2 Å². The molecular weight excluding hydrogens is 450 g/mol. The Labute approximate surface area is 190 Å². The van der Waals surface area contributed by atoms with E-state index in [2.05, 4.69) is 43.6 Å². The smallest absolute Gasteiger partial charge is 0.266 e. The Morgan fingerprint density at radius 1 is 1.35 bits per heavy atom. The highest BCUT2D eigenvalue weighted by molar-refractivity contribution is 7.91. The van der Waals surface area contributed by atoms with Crippen molar-refractivity contribution >= 4 is 48.8 Å². The monoisotopic (exact) mass is 475 g/mol. The van der Waals surface area contributed by atoms with Crippen LogP contribution in [0, 0.1) is 0 Å². The summed E-state index contributed by atoms with van der Waals surface area (Å²) < 4.78 is 30.6. The minimum Gasteiger partial charge on any atom is -0.313 e. The number of nitrogens with zero attached hydrogens (tertiary/aromatic N) is 3. The summed E-state index contributed by atoms with van der Waals surface area (Å²) in [5.41, 5.74) is 2.22. The van der Waals surface area contributed by atoms with E-state index in [0.29, 0.717) is 36.7 Å². The molecule has 3 aromatic rings. The molecule has 0 spiro atoms. The molecule has 0 bridgehead atoms. The number of amides is 1. The van der Waals surface area contributed by atoms with Crippen molar-refractivity contribution < 1.29 is 13.2 Å². The molecule has 0 N–H and O–H groups in total. The van der Waals surface area contributed by atoms with Crippen LogP contribution in [-0.2, 0) is 21.4 Å². The molecule has 1 saturated heterocycles. The summed E-state index contributed by atoms with van der Waals surface area (Å²) in [6.07, 6.45) is 2.90. The molecule has 1 aliphatic heterocycles. The summed E-state index contributed by atoms with van der Waals surface area (Å²) in [4.78, 5) is 18.1. The number of allylic oxidation sites excluding steroid dienone is 1. The Balaban J connectivity index is 1.74. The third-order valence-corrected chi connectivity index (χ3v) is 9.76. The van der Waals surface area contributed by atoms with E-state index in [-0.39, 0.29) is 4.21 Å². The number of sulfonamides is 1. The summed E-state index contributed by atoms with van der Waals surface area (Å²) >= 11 is 2.62. The minimum absolute atomic E-state index is 0.261. The molecule has 0 radical (unpaired) electrons. The van der Waals surface area contributed by atoms with E-state index in [1.807, 2.05) is 4.57 Å². The van der Waals surface area contributed by atoms with Crippen molar-refractivity contribution in [3.63, 3.8) is 0 Å². The van der Waals surface area contributed by atoms with Gasteiger partial charge in [-0.3, -0.25) is 4.79 Å². The van der Waals surface area contributed by atoms with Gasteiger partial charge in [-0.05, 0) is 47.9 Å². The minimum atomic E-state index is -3.69. The first-order chi connectivity index (χ1) is 14.8. The fourth-order valence-electron chi connectivity index (χ4n) is 3.81. The van der Waals surface area contributed by atoms with Gasteiger partial charge in [0.05, 0.1) is 10.2 Å². The summed E-state index contributed by atoms with van der Waals surface area (Å²) in [7, 11) is -3.69. The second-order valence-corrected chi connectivity index (χ2v) is 11.9. The molecule has 3 heterocycles. The average Bonchev–Trinajstić information content (AvgIpc) is 3.48. The van der Waals surface area contributed by atoms with E-state index in [1.54, 1.807) is 23.6 Å². The first-order valence-corrected chi connectivity index (χ1v) is 13.3. The highest BCUT2D eigenvalue weighted by atomic mass is 32.2. The first-order valence-electron chi connectivity index (χ1n) is 10.2. The zero-order chi connectivity index (χ0) is 22.2. The van der Waals surface area contributed by atoms with E-state index in [1.165, 1.54) is 32.5 Å². The number of thiophene rings is 1. The van der Waals surface area contributed by atoms with Crippen molar-refractivity contribution in [2.24, 2.45) is 4.99 Å². The first kappa shape index (κ1) is 22.1. The van der Waals surface area contributed by atoms with Crippen molar-refractivity contribution in [3.8, 4) is 0 Å². The van der Waals surface area contributed by atoms with Gasteiger partial charge < -0.3 is 4.57 Å². The van der Waals surface area contributed by atoms with Gasteiger partial charge >= 0.3 is 0 Å². The van der Waals surface area contributed by atoms with Crippen LogP contribution >= 0.6 is 22.7 Å². The van der Waals surface area contributed by atoms with Gasteiger partial charge in [0.15, 0.2) is 4.80 Å². The molecule has 1 unspecified atom stereocenters. The number of carbonyl (C=O) groups is 1. The van der Waals surface area contributed by atoms with E-state index >= 15 is 0 Å². The predicted molar refractivity (Wildman–Crippen MR) is 126 cm³/mol. The summed E-state index contributed by atoms with van der Waals surface area (Å²) in [5, 5.41) is 1.73. The lowest BCUT2D eigenvalue weighted by Gasteiger charge is -2.20. The Morgan fingerprint density at radius 3 is 2.84 bits per heavy atom. The number of rotatable bonds is 6. The van der Waals surface area contributed by atoms with Gasteiger partial charge in [-0.15, -0.1) is 17.9 Å². The lowest BCUT2D eigenvalue weighted by molar-refractivity contribution is -0.121. The molecule has 1 aliphatic rings. The summed E-state index contributed by atoms with van der Waals surface area (Å²) in [5.74, 6) is -0.0121. The molecule has 9 heteroatoms. The normalized spacial score (nSPS) is 18.3. The van der Waals surface area contributed by atoms with Crippen LogP contribution < -0.4 is 4.80 Å². The Morgan fingerprint density at radius 2 is 2.16 bits per heavy atom.